The maximum atomic E-state index is 12.3. The minimum absolute atomic E-state index is 0.0413. The van der Waals surface area contributed by atoms with Crippen LogP contribution in [0.1, 0.15) is 6.42 Å². The van der Waals surface area contributed by atoms with Crippen molar-refractivity contribution >= 4 is 27.5 Å². The van der Waals surface area contributed by atoms with E-state index in [4.69, 9.17) is 11.6 Å². The first-order chi connectivity index (χ1) is 8.43. The van der Waals surface area contributed by atoms with Gasteiger partial charge in [0.15, 0.2) is 0 Å². The minimum Gasteiger partial charge on any atom is -0.355 e. The summed E-state index contributed by atoms with van der Waals surface area (Å²) < 4.78 is 27.1. The fourth-order valence-electron chi connectivity index (χ4n) is 1.67. The summed E-state index contributed by atoms with van der Waals surface area (Å²) in [6.45, 7) is 0.546. The molecule has 18 heavy (non-hydrogen) atoms. The quantitative estimate of drug-likeness (QED) is 0.803. The van der Waals surface area contributed by atoms with E-state index in [0.29, 0.717) is 13.0 Å². The Labute approximate surface area is 110 Å². The van der Waals surface area contributed by atoms with Crippen molar-refractivity contribution in [3.63, 3.8) is 0 Å². The summed E-state index contributed by atoms with van der Waals surface area (Å²) in [5.41, 5.74) is 0. The van der Waals surface area contributed by atoms with E-state index in [0.717, 1.165) is 4.31 Å². The summed E-state index contributed by atoms with van der Waals surface area (Å²) in [4.78, 5) is 15.2. The van der Waals surface area contributed by atoms with Crippen molar-refractivity contribution in [3.8, 4) is 0 Å². The van der Waals surface area contributed by atoms with Gasteiger partial charge in [-0.2, -0.15) is 4.31 Å². The Morgan fingerprint density at radius 1 is 1.50 bits per heavy atom. The number of imidazole rings is 1. The molecule has 0 atom stereocenters. The number of halogens is 1. The van der Waals surface area contributed by atoms with Crippen LogP contribution in [-0.2, 0) is 21.9 Å². The molecule has 0 unspecified atom stereocenters. The van der Waals surface area contributed by atoms with Gasteiger partial charge < -0.3 is 9.88 Å². The first-order valence-electron chi connectivity index (χ1n) is 5.36. The largest absolute Gasteiger partial charge is 0.355 e. The molecule has 1 aromatic rings. The molecule has 0 spiro atoms. The first kappa shape index (κ1) is 13.3. The van der Waals surface area contributed by atoms with Crippen LogP contribution in [0, 0.1) is 0 Å². The summed E-state index contributed by atoms with van der Waals surface area (Å²) in [5.74, 6) is -0.317. The Hall–Kier alpha value is -1.12. The van der Waals surface area contributed by atoms with Crippen molar-refractivity contribution in [1.82, 2.24) is 19.2 Å². The fourth-order valence-corrected chi connectivity index (χ4v) is 3.50. The van der Waals surface area contributed by atoms with E-state index in [1.54, 1.807) is 7.05 Å². The Morgan fingerprint density at radius 2 is 2.22 bits per heavy atom. The van der Waals surface area contributed by atoms with Crippen molar-refractivity contribution in [2.45, 2.75) is 11.4 Å². The summed E-state index contributed by atoms with van der Waals surface area (Å²) in [6.07, 6.45) is 1.89. The number of carbonyl (C=O) groups is 1. The zero-order valence-corrected chi connectivity index (χ0v) is 11.3. The molecule has 2 rings (SSSR count). The maximum Gasteiger partial charge on any atom is 0.264 e. The standard InChI is InChI=1S/C9H13ClN4O3S/c1-13-6-12-9(8(13)10)18(16,17)14-4-2-3-11-7(15)5-14/h6H,2-5H2,1H3,(H,11,15). The number of amides is 1. The van der Waals surface area contributed by atoms with Crippen LogP contribution in [0.25, 0.3) is 0 Å². The summed E-state index contributed by atoms with van der Waals surface area (Å²) in [6, 6.07) is 0. The van der Waals surface area contributed by atoms with E-state index in [2.05, 4.69) is 10.3 Å². The maximum absolute atomic E-state index is 12.3. The van der Waals surface area contributed by atoms with E-state index < -0.39 is 10.0 Å². The number of rotatable bonds is 2. The number of sulfonamides is 1. The smallest absolute Gasteiger partial charge is 0.264 e. The lowest BCUT2D eigenvalue weighted by atomic mass is 10.4. The molecular formula is C9H13ClN4O3S. The second-order valence-electron chi connectivity index (χ2n) is 3.99. The number of nitrogens with one attached hydrogen (secondary N) is 1. The number of aromatic nitrogens is 2. The van der Waals surface area contributed by atoms with E-state index in [1.807, 2.05) is 0 Å². The molecule has 0 bridgehead atoms. The molecule has 0 aromatic carbocycles. The molecule has 0 radical (unpaired) electrons. The third-order valence-corrected chi connectivity index (χ3v) is 4.98. The van der Waals surface area contributed by atoms with Gasteiger partial charge in [-0.05, 0) is 6.42 Å². The van der Waals surface area contributed by atoms with Crippen molar-refractivity contribution in [1.29, 1.82) is 0 Å². The lowest BCUT2D eigenvalue weighted by Gasteiger charge is -2.17. The van der Waals surface area contributed by atoms with Crippen LogP contribution in [-0.4, -0.2) is 47.8 Å². The molecule has 1 N–H and O–H groups in total. The van der Waals surface area contributed by atoms with Crippen LogP contribution in [0.5, 0.6) is 0 Å². The normalized spacial score (nSPS) is 18.4. The molecule has 7 nitrogen and oxygen atoms in total. The van der Waals surface area contributed by atoms with Crippen molar-refractivity contribution in [3.05, 3.63) is 11.5 Å². The van der Waals surface area contributed by atoms with Gasteiger partial charge in [-0.25, -0.2) is 13.4 Å². The fraction of sp³-hybridized carbons (Fsp3) is 0.556. The second-order valence-corrected chi connectivity index (χ2v) is 6.20. The number of carbonyl (C=O) groups excluding carboxylic acids is 1. The molecule has 1 fully saturated rings. The lowest BCUT2D eigenvalue weighted by Crippen LogP contribution is -2.37. The highest BCUT2D eigenvalue weighted by Gasteiger charge is 2.32. The number of nitrogens with zero attached hydrogens (tertiary/aromatic N) is 3. The topological polar surface area (TPSA) is 84.3 Å². The van der Waals surface area contributed by atoms with Crippen molar-refractivity contribution in [2.75, 3.05) is 19.6 Å². The van der Waals surface area contributed by atoms with Gasteiger partial charge in [0.25, 0.3) is 10.0 Å². The summed E-state index contributed by atoms with van der Waals surface area (Å²) >= 11 is 5.88. The zero-order valence-electron chi connectivity index (χ0n) is 9.76. The van der Waals surface area contributed by atoms with E-state index in [9.17, 15) is 13.2 Å². The van der Waals surface area contributed by atoms with Gasteiger partial charge in [-0.15, -0.1) is 0 Å². The van der Waals surface area contributed by atoms with E-state index >= 15 is 0 Å². The Kier molecular flexibility index (Phi) is 3.60. The van der Waals surface area contributed by atoms with Gasteiger partial charge in [0.1, 0.15) is 5.15 Å². The van der Waals surface area contributed by atoms with Gasteiger partial charge in [0.05, 0.1) is 12.9 Å². The molecule has 1 aliphatic rings. The van der Waals surface area contributed by atoms with Crippen LogP contribution >= 0.6 is 11.6 Å². The highest BCUT2D eigenvalue weighted by Crippen LogP contribution is 2.22. The molecule has 1 aliphatic heterocycles. The highest BCUT2D eigenvalue weighted by atomic mass is 35.5. The van der Waals surface area contributed by atoms with Gasteiger partial charge in [-0.1, -0.05) is 11.6 Å². The minimum atomic E-state index is -3.82. The third kappa shape index (κ3) is 2.36. The zero-order chi connectivity index (χ0) is 13.3. The summed E-state index contributed by atoms with van der Waals surface area (Å²) in [7, 11) is -2.22. The van der Waals surface area contributed by atoms with Gasteiger partial charge >= 0.3 is 0 Å². The molecule has 0 saturated carbocycles. The lowest BCUT2D eigenvalue weighted by molar-refractivity contribution is -0.120. The van der Waals surface area contributed by atoms with Crippen LogP contribution < -0.4 is 5.32 Å². The average Bonchev–Trinajstić information content (AvgIpc) is 2.53. The Morgan fingerprint density at radius 3 is 2.83 bits per heavy atom. The predicted molar refractivity (Wildman–Crippen MR) is 64.6 cm³/mol. The van der Waals surface area contributed by atoms with E-state index in [-0.39, 0.29) is 29.2 Å². The Bertz CT molecular complexity index is 568. The molecule has 100 valence electrons. The first-order valence-corrected chi connectivity index (χ1v) is 7.18. The average molecular weight is 293 g/mol. The van der Waals surface area contributed by atoms with Crippen molar-refractivity contribution in [2.24, 2.45) is 7.05 Å². The van der Waals surface area contributed by atoms with Crippen molar-refractivity contribution < 1.29 is 13.2 Å². The molecular weight excluding hydrogens is 280 g/mol. The molecule has 2 heterocycles. The number of aryl methyl sites for hydroxylation is 1. The SMILES string of the molecule is Cn1cnc(S(=O)(=O)N2CCCNC(=O)C2)c1Cl. The van der Waals surface area contributed by atoms with Gasteiger partial charge in [0.2, 0.25) is 10.9 Å². The van der Waals surface area contributed by atoms with Gasteiger partial charge in [0, 0.05) is 20.1 Å². The van der Waals surface area contributed by atoms with Crippen LogP contribution in [0.15, 0.2) is 11.4 Å². The highest BCUT2D eigenvalue weighted by molar-refractivity contribution is 7.89. The molecule has 0 aliphatic carbocycles. The molecule has 1 amide bonds. The molecule has 1 aromatic heterocycles. The van der Waals surface area contributed by atoms with Crippen LogP contribution in [0.2, 0.25) is 5.15 Å². The van der Waals surface area contributed by atoms with E-state index in [1.165, 1.54) is 10.9 Å². The Balaban J connectivity index is 2.36. The summed E-state index contributed by atoms with van der Waals surface area (Å²) in [5, 5.41) is 2.45. The number of hydrogen-bond acceptors (Lipinski definition) is 4. The molecule has 1 saturated heterocycles. The third-order valence-electron chi connectivity index (χ3n) is 2.65. The second kappa shape index (κ2) is 4.87. The van der Waals surface area contributed by atoms with Crippen LogP contribution in [0.3, 0.4) is 0 Å². The van der Waals surface area contributed by atoms with Crippen LogP contribution in [0.4, 0.5) is 0 Å². The predicted octanol–water partition coefficient (Wildman–Crippen LogP) is -0.416. The number of hydrogen-bond donors (Lipinski definition) is 1. The van der Waals surface area contributed by atoms with Gasteiger partial charge in [-0.3, -0.25) is 4.79 Å². The molecule has 9 heteroatoms. The monoisotopic (exact) mass is 292 g/mol.